The van der Waals surface area contributed by atoms with Crippen LogP contribution in [0.25, 0.3) is 5.65 Å². The van der Waals surface area contributed by atoms with E-state index in [-0.39, 0.29) is 12.2 Å². The van der Waals surface area contributed by atoms with Crippen LogP contribution in [0.1, 0.15) is 43.4 Å². The summed E-state index contributed by atoms with van der Waals surface area (Å²) in [4.78, 5) is 8.46. The van der Waals surface area contributed by atoms with Gasteiger partial charge in [0.05, 0.1) is 12.2 Å². The van der Waals surface area contributed by atoms with E-state index in [9.17, 15) is 13.2 Å². The van der Waals surface area contributed by atoms with Crippen molar-refractivity contribution in [3.05, 3.63) is 54.0 Å². The van der Waals surface area contributed by atoms with Gasteiger partial charge < -0.3 is 4.57 Å². The fourth-order valence-electron chi connectivity index (χ4n) is 2.86. The summed E-state index contributed by atoms with van der Waals surface area (Å²) < 4.78 is 43.4. The summed E-state index contributed by atoms with van der Waals surface area (Å²) in [5.74, 6) is 0.800. The number of imidazole rings is 2. The average molecular weight is 336 g/mol. The number of halogens is 3. The van der Waals surface area contributed by atoms with Gasteiger partial charge in [0.25, 0.3) is 0 Å². The smallest absolute Gasteiger partial charge is 0.329 e. The predicted octanol–water partition coefficient (Wildman–Crippen LogP) is 4.33. The van der Waals surface area contributed by atoms with Crippen LogP contribution < -0.4 is 0 Å². The summed E-state index contributed by atoms with van der Waals surface area (Å²) in [5, 5.41) is 0. The molecule has 0 radical (unpaired) electrons. The first-order valence-corrected chi connectivity index (χ1v) is 8.04. The highest BCUT2D eigenvalue weighted by Crippen LogP contribution is 2.33. The zero-order valence-corrected chi connectivity index (χ0v) is 13.4. The first kappa shape index (κ1) is 16.5. The maximum atomic E-state index is 13.5. The Morgan fingerprint density at radius 2 is 1.96 bits per heavy atom. The molecule has 3 heterocycles. The van der Waals surface area contributed by atoms with Gasteiger partial charge in [-0.1, -0.05) is 25.8 Å². The van der Waals surface area contributed by atoms with Gasteiger partial charge in [0.2, 0.25) is 0 Å². The first-order chi connectivity index (χ1) is 11.5. The summed E-state index contributed by atoms with van der Waals surface area (Å²) in [7, 11) is 0. The predicted molar refractivity (Wildman–Crippen MR) is 84.8 cm³/mol. The molecule has 0 atom stereocenters. The molecule has 0 saturated carbocycles. The molecule has 0 aromatic carbocycles. The molecule has 0 bridgehead atoms. The Hall–Kier alpha value is -2.31. The Morgan fingerprint density at radius 3 is 2.71 bits per heavy atom. The Balaban J connectivity index is 1.95. The number of aryl methyl sites for hydroxylation is 1. The van der Waals surface area contributed by atoms with Crippen LogP contribution in [0.15, 0.2) is 36.8 Å². The molecule has 0 saturated heterocycles. The molecule has 24 heavy (non-hydrogen) atoms. The molecule has 0 aliphatic heterocycles. The molecular formula is C17H19F3N4. The lowest BCUT2D eigenvalue weighted by molar-refractivity contribution is -0.142. The van der Waals surface area contributed by atoms with Crippen LogP contribution in [0, 0.1) is 0 Å². The normalized spacial score (nSPS) is 12.2. The molecule has 128 valence electrons. The van der Waals surface area contributed by atoms with Gasteiger partial charge in [0, 0.05) is 25.0 Å². The fraction of sp³-hybridized carbons (Fsp3) is 0.412. The summed E-state index contributed by atoms with van der Waals surface area (Å²) >= 11 is 0. The summed E-state index contributed by atoms with van der Waals surface area (Å²) in [6.07, 6.45) is 4.18. The van der Waals surface area contributed by atoms with Crippen LogP contribution >= 0.6 is 0 Å². The van der Waals surface area contributed by atoms with E-state index in [4.69, 9.17) is 0 Å². The number of rotatable bonds is 6. The third kappa shape index (κ3) is 3.29. The van der Waals surface area contributed by atoms with Crippen molar-refractivity contribution < 1.29 is 13.2 Å². The third-order valence-corrected chi connectivity index (χ3v) is 4.00. The first-order valence-electron chi connectivity index (χ1n) is 8.04. The van der Waals surface area contributed by atoms with Crippen LogP contribution in [-0.2, 0) is 19.1 Å². The van der Waals surface area contributed by atoms with Crippen LogP contribution in [0.3, 0.4) is 0 Å². The third-order valence-electron chi connectivity index (χ3n) is 4.00. The highest BCUT2D eigenvalue weighted by atomic mass is 19.4. The molecule has 0 unspecified atom stereocenters. The minimum Gasteiger partial charge on any atom is -0.329 e. The molecule has 3 rings (SSSR count). The van der Waals surface area contributed by atoms with E-state index in [1.54, 1.807) is 35.2 Å². The molecule has 0 aliphatic rings. The van der Waals surface area contributed by atoms with E-state index in [2.05, 4.69) is 16.9 Å². The number of unbranched alkanes of at least 4 members (excludes halogenated alkanes) is 2. The fourth-order valence-corrected chi connectivity index (χ4v) is 2.86. The molecule has 3 aromatic heterocycles. The number of hydrogen-bond acceptors (Lipinski definition) is 2. The van der Waals surface area contributed by atoms with Crippen molar-refractivity contribution in [2.75, 3.05) is 0 Å². The molecule has 0 aliphatic carbocycles. The lowest BCUT2D eigenvalue weighted by atomic mass is 10.2. The molecule has 0 amide bonds. The quantitative estimate of drug-likeness (QED) is 0.628. The monoisotopic (exact) mass is 336 g/mol. The maximum Gasteiger partial charge on any atom is 0.433 e. The lowest BCUT2D eigenvalue weighted by Crippen LogP contribution is -2.14. The zero-order valence-electron chi connectivity index (χ0n) is 13.4. The van der Waals surface area contributed by atoms with Gasteiger partial charge in [-0.2, -0.15) is 13.2 Å². The number of aromatic nitrogens is 4. The molecular weight excluding hydrogens is 317 g/mol. The molecule has 7 heteroatoms. The minimum atomic E-state index is -4.46. The van der Waals surface area contributed by atoms with E-state index in [1.165, 1.54) is 6.20 Å². The maximum absolute atomic E-state index is 13.5. The van der Waals surface area contributed by atoms with Crippen LogP contribution in [0.5, 0.6) is 0 Å². The van der Waals surface area contributed by atoms with E-state index in [0.29, 0.717) is 5.65 Å². The Kier molecular flexibility index (Phi) is 4.59. The highest BCUT2D eigenvalue weighted by Gasteiger charge is 2.38. The van der Waals surface area contributed by atoms with Gasteiger partial charge in [-0.15, -0.1) is 0 Å². The Morgan fingerprint density at radius 1 is 1.12 bits per heavy atom. The summed E-state index contributed by atoms with van der Waals surface area (Å²) in [5.41, 5.74) is -0.401. The lowest BCUT2D eigenvalue weighted by Gasteiger charge is -2.11. The van der Waals surface area contributed by atoms with Gasteiger partial charge in [0.15, 0.2) is 5.69 Å². The standard InChI is InChI=1S/C17H19F3N4/c1-2-3-4-7-14-21-9-11-23(14)12-13-16(17(18,19)20)24-10-6-5-8-15(24)22-13/h5-6,8-11H,2-4,7,12H2,1H3. The van der Waals surface area contributed by atoms with Crippen molar-refractivity contribution in [2.24, 2.45) is 0 Å². The number of fused-ring (bicyclic) bond motifs is 1. The zero-order chi connectivity index (χ0) is 17.2. The average Bonchev–Trinajstić information content (AvgIpc) is 3.11. The van der Waals surface area contributed by atoms with Crippen molar-refractivity contribution in [3.8, 4) is 0 Å². The summed E-state index contributed by atoms with van der Waals surface area (Å²) in [6, 6.07) is 4.83. The molecule has 3 aromatic rings. The SMILES string of the molecule is CCCCCc1nccn1Cc1nc2ccccn2c1C(F)(F)F. The number of pyridine rings is 1. The summed E-state index contributed by atoms with van der Waals surface area (Å²) in [6.45, 7) is 2.18. The van der Waals surface area contributed by atoms with E-state index >= 15 is 0 Å². The van der Waals surface area contributed by atoms with Gasteiger partial charge in [-0.05, 0) is 18.6 Å². The van der Waals surface area contributed by atoms with Gasteiger partial charge in [0.1, 0.15) is 11.5 Å². The van der Waals surface area contributed by atoms with Crippen molar-refractivity contribution >= 4 is 5.65 Å². The van der Waals surface area contributed by atoms with Crippen LogP contribution in [-0.4, -0.2) is 18.9 Å². The number of alkyl halides is 3. The van der Waals surface area contributed by atoms with Crippen LogP contribution in [0.2, 0.25) is 0 Å². The second-order valence-corrected chi connectivity index (χ2v) is 5.76. The second-order valence-electron chi connectivity index (χ2n) is 5.76. The molecule has 0 fully saturated rings. The molecule has 0 spiro atoms. The molecule has 4 nitrogen and oxygen atoms in total. The van der Waals surface area contributed by atoms with Crippen molar-refractivity contribution in [2.45, 2.75) is 45.3 Å². The largest absolute Gasteiger partial charge is 0.433 e. The Labute approximate surface area is 138 Å². The Bertz CT molecular complexity index is 817. The van der Waals surface area contributed by atoms with Crippen molar-refractivity contribution in [1.29, 1.82) is 0 Å². The van der Waals surface area contributed by atoms with Crippen molar-refractivity contribution in [3.63, 3.8) is 0 Å². The number of hydrogen-bond donors (Lipinski definition) is 0. The second kappa shape index (κ2) is 6.67. The van der Waals surface area contributed by atoms with Crippen LogP contribution in [0.4, 0.5) is 13.2 Å². The number of nitrogens with zero attached hydrogens (tertiary/aromatic N) is 4. The highest BCUT2D eigenvalue weighted by molar-refractivity contribution is 5.44. The minimum absolute atomic E-state index is 0.0171. The van der Waals surface area contributed by atoms with Crippen molar-refractivity contribution in [1.82, 2.24) is 18.9 Å². The topological polar surface area (TPSA) is 35.1 Å². The van der Waals surface area contributed by atoms with E-state index < -0.39 is 11.9 Å². The van der Waals surface area contributed by atoms with Gasteiger partial charge in [-0.25, -0.2) is 9.97 Å². The van der Waals surface area contributed by atoms with Gasteiger partial charge in [-0.3, -0.25) is 4.40 Å². The van der Waals surface area contributed by atoms with Gasteiger partial charge >= 0.3 is 6.18 Å². The van der Waals surface area contributed by atoms with E-state index in [0.717, 1.165) is 35.9 Å². The molecule has 0 N–H and O–H groups in total. The van der Waals surface area contributed by atoms with E-state index in [1.807, 2.05) is 0 Å².